The molecule has 0 fully saturated rings. The lowest BCUT2D eigenvalue weighted by Gasteiger charge is -2.35. The lowest BCUT2D eigenvalue weighted by Crippen LogP contribution is -2.28. The summed E-state index contributed by atoms with van der Waals surface area (Å²) in [5.74, 6) is 0. The van der Waals surface area contributed by atoms with Gasteiger partial charge >= 0.3 is 0 Å². The number of rotatable bonds is 9. The van der Waals surface area contributed by atoms with Crippen LogP contribution in [0.1, 0.15) is 38.9 Å². The van der Waals surface area contributed by atoms with Gasteiger partial charge in [0.15, 0.2) is 0 Å². The summed E-state index contributed by atoms with van der Waals surface area (Å²) in [6.07, 6.45) is 0. The molecular weight excluding hydrogens is 861 g/mol. The first-order chi connectivity index (χ1) is 34.9. The fraction of sp³-hybridized carbons (Fsp3) is 0.0588. The van der Waals surface area contributed by atoms with Crippen LogP contribution in [0, 0.1) is 20.8 Å². The van der Waals surface area contributed by atoms with E-state index in [1.54, 1.807) is 0 Å². The summed E-state index contributed by atoms with van der Waals surface area (Å²) < 4.78 is 6.40. The fourth-order valence-electron chi connectivity index (χ4n) is 11.3. The van der Waals surface area contributed by atoms with Gasteiger partial charge in [0.2, 0.25) is 0 Å². The number of para-hydroxylation sites is 1. The van der Waals surface area contributed by atoms with E-state index in [9.17, 15) is 0 Å². The highest BCUT2D eigenvalue weighted by Gasteiger charge is 2.47. The lowest BCUT2D eigenvalue weighted by molar-refractivity contribution is 0.669. The predicted octanol–water partition coefficient (Wildman–Crippen LogP) is 18.6. The van der Waals surface area contributed by atoms with Crippen LogP contribution in [0.2, 0.25) is 0 Å². The van der Waals surface area contributed by atoms with Gasteiger partial charge in [0, 0.05) is 44.9 Å². The first-order valence-electron chi connectivity index (χ1n) is 24.6. The second-order valence-electron chi connectivity index (χ2n) is 19.1. The van der Waals surface area contributed by atoms with E-state index in [0.717, 1.165) is 67.2 Å². The zero-order valence-corrected chi connectivity index (χ0v) is 40.0. The van der Waals surface area contributed by atoms with Crippen LogP contribution in [0.5, 0.6) is 0 Å². The Morgan fingerprint density at radius 1 is 0.324 bits per heavy atom. The van der Waals surface area contributed by atoms with Gasteiger partial charge in [0.25, 0.3) is 0 Å². The van der Waals surface area contributed by atoms with E-state index < -0.39 is 5.41 Å². The highest BCUT2D eigenvalue weighted by Crippen LogP contribution is 2.59. The van der Waals surface area contributed by atoms with Crippen molar-refractivity contribution in [2.24, 2.45) is 0 Å². The van der Waals surface area contributed by atoms with Gasteiger partial charge in [-0.3, -0.25) is 0 Å². The van der Waals surface area contributed by atoms with Gasteiger partial charge in [-0.2, -0.15) is 0 Å². The minimum Gasteiger partial charge on any atom is -0.456 e. The Morgan fingerprint density at radius 2 is 0.817 bits per heavy atom. The molecule has 13 rings (SSSR count). The van der Waals surface area contributed by atoms with Gasteiger partial charge in [0.05, 0.1) is 5.41 Å². The minimum absolute atomic E-state index is 0.600. The van der Waals surface area contributed by atoms with Crippen LogP contribution in [0.4, 0.5) is 34.1 Å². The van der Waals surface area contributed by atoms with E-state index in [0.29, 0.717) is 0 Å². The van der Waals surface area contributed by atoms with Crippen molar-refractivity contribution >= 4 is 66.8 Å². The molecule has 3 nitrogen and oxygen atoms in total. The molecule has 0 radical (unpaired) electrons. The normalized spacial score (nSPS) is 12.5. The van der Waals surface area contributed by atoms with Crippen molar-refractivity contribution in [1.82, 2.24) is 0 Å². The number of benzene rings is 11. The van der Waals surface area contributed by atoms with Gasteiger partial charge in [0.1, 0.15) is 11.2 Å². The summed E-state index contributed by atoms with van der Waals surface area (Å²) in [5, 5.41) is 4.68. The number of anilines is 6. The smallest absolute Gasteiger partial charge is 0.135 e. The molecule has 12 aromatic rings. The molecule has 0 amide bonds. The van der Waals surface area contributed by atoms with Gasteiger partial charge in [-0.25, -0.2) is 0 Å². The molecule has 0 bridgehead atoms. The number of fused-ring (bicyclic) bond motifs is 8. The van der Waals surface area contributed by atoms with Crippen LogP contribution in [0.25, 0.3) is 55.0 Å². The second-order valence-corrected chi connectivity index (χ2v) is 19.1. The van der Waals surface area contributed by atoms with Crippen LogP contribution in [-0.4, -0.2) is 0 Å². The van der Waals surface area contributed by atoms with Gasteiger partial charge < -0.3 is 14.2 Å². The van der Waals surface area contributed by atoms with E-state index in [4.69, 9.17) is 4.42 Å². The summed E-state index contributed by atoms with van der Waals surface area (Å²) in [5.41, 5.74) is 21.0. The maximum absolute atomic E-state index is 6.40. The Hall–Kier alpha value is -8.92. The topological polar surface area (TPSA) is 19.6 Å². The molecule has 0 saturated heterocycles. The number of nitrogens with zero attached hydrogens (tertiary/aromatic N) is 2. The SMILES string of the molecule is Cc1ccc(N(c2ccc(C)cc2)c2cc(-c3ccc4c(c3)C(c3ccccc3)(c3ccccc3)c3c-4ccc4ccccc34)cc(N(c3ccc(C)cc3)c3ccc4oc5ccccc5c4c3)c2)cc1. The maximum atomic E-state index is 6.40. The summed E-state index contributed by atoms with van der Waals surface area (Å²) in [4.78, 5) is 4.81. The average Bonchev–Trinajstić information content (AvgIpc) is 3.95. The summed E-state index contributed by atoms with van der Waals surface area (Å²) in [7, 11) is 0. The van der Waals surface area contributed by atoms with Crippen molar-refractivity contribution < 1.29 is 4.42 Å². The molecule has 0 unspecified atom stereocenters. The minimum atomic E-state index is -0.600. The molecule has 1 aliphatic rings. The molecule has 1 aromatic heterocycles. The number of hydrogen-bond donors (Lipinski definition) is 0. The van der Waals surface area contributed by atoms with Gasteiger partial charge in [-0.15, -0.1) is 0 Å². The Labute approximate surface area is 415 Å². The van der Waals surface area contributed by atoms with Crippen LogP contribution < -0.4 is 9.80 Å². The Kier molecular flexibility index (Phi) is 10.1. The molecule has 0 atom stereocenters. The third kappa shape index (κ3) is 7.04. The van der Waals surface area contributed by atoms with Crippen molar-refractivity contribution in [1.29, 1.82) is 0 Å². The van der Waals surface area contributed by atoms with Crippen LogP contribution >= 0.6 is 0 Å². The molecule has 338 valence electrons. The lowest BCUT2D eigenvalue weighted by atomic mass is 9.66. The molecule has 71 heavy (non-hydrogen) atoms. The van der Waals surface area contributed by atoms with E-state index in [2.05, 4.69) is 273 Å². The zero-order valence-electron chi connectivity index (χ0n) is 40.0. The van der Waals surface area contributed by atoms with Crippen molar-refractivity contribution in [2.75, 3.05) is 9.80 Å². The first kappa shape index (κ1) is 42.2. The largest absolute Gasteiger partial charge is 0.456 e. The van der Waals surface area contributed by atoms with Crippen LogP contribution in [0.3, 0.4) is 0 Å². The Balaban J connectivity index is 1.10. The summed E-state index contributed by atoms with van der Waals surface area (Å²) in [6, 6.07) is 91.8. The zero-order chi connectivity index (χ0) is 47.6. The molecule has 3 heteroatoms. The van der Waals surface area contributed by atoms with Gasteiger partial charge in [-0.1, -0.05) is 180 Å². The number of furan rings is 1. The van der Waals surface area contributed by atoms with Crippen LogP contribution in [0.15, 0.2) is 253 Å². The first-order valence-corrected chi connectivity index (χ1v) is 24.6. The Bertz CT molecular complexity index is 3860. The van der Waals surface area contributed by atoms with Crippen LogP contribution in [-0.2, 0) is 5.41 Å². The van der Waals surface area contributed by atoms with Crippen molar-refractivity contribution in [2.45, 2.75) is 26.2 Å². The molecule has 11 aromatic carbocycles. The average molecular weight is 911 g/mol. The molecule has 0 aliphatic heterocycles. The maximum Gasteiger partial charge on any atom is 0.135 e. The molecule has 0 spiro atoms. The quantitative estimate of drug-likeness (QED) is 0.144. The molecule has 1 heterocycles. The predicted molar refractivity (Wildman–Crippen MR) is 298 cm³/mol. The van der Waals surface area contributed by atoms with E-state index in [1.807, 2.05) is 6.07 Å². The number of hydrogen-bond acceptors (Lipinski definition) is 3. The molecular formula is C68H50N2O. The monoisotopic (exact) mass is 910 g/mol. The van der Waals surface area contributed by atoms with Crippen molar-refractivity contribution in [3.8, 4) is 22.3 Å². The third-order valence-corrected chi connectivity index (χ3v) is 14.7. The van der Waals surface area contributed by atoms with Crippen molar-refractivity contribution in [3.05, 3.63) is 288 Å². The second kappa shape index (κ2) is 16.9. The Morgan fingerprint density at radius 3 is 1.42 bits per heavy atom. The summed E-state index contributed by atoms with van der Waals surface area (Å²) >= 11 is 0. The summed E-state index contributed by atoms with van der Waals surface area (Å²) in [6.45, 7) is 6.45. The van der Waals surface area contributed by atoms with E-state index in [1.165, 1.54) is 60.8 Å². The molecule has 1 aliphatic carbocycles. The standard InChI is InChI=1S/C68H50N2O/c1-45-22-30-53(31-23-45)69(54-32-24-46(2)25-33-54)57-40-50(41-58(43-57)70(55-34-26-47(3)27-35-55)56-36-39-66-63(44-56)61-20-12-13-21-65(61)71-66)49-29-37-60-62-38-28-48-14-10-11-19-59(48)67(62)68(64(60)42-49,51-15-6-4-7-16-51)52-17-8-5-9-18-52/h4-44H,1-3H3. The number of aryl methyl sites for hydroxylation is 3. The highest BCUT2D eigenvalue weighted by atomic mass is 16.3. The third-order valence-electron chi connectivity index (χ3n) is 14.7. The van der Waals surface area contributed by atoms with Gasteiger partial charge in [-0.05, 0) is 161 Å². The van der Waals surface area contributed by atoms with E-state index in [-0.39, 0.29) is 0 Å². The fourth-order valence-corrected chi connectivity index (χ4v) is 11.3. The molecule has 0 N–H and O–H groups in total. The highest BCUT2D eigenvalue weighted by molar-refractivity contribution is 6.07. The van der Waals surface area contributed by atoms with E-state index >= 15 is 0 Å². The molecule has 0 saturated carbocycles. The van der Waals surface area contributed by atoms with Crippen molar-refractivity contribution in [3.63, 3.8) is 0 Å².